The quantitative estimate of drug-likeness (QED) is 0.413. The highest BCUT2D eigenvalue weighted by atomic mass is 127. The zero-order valence-corrected chi connectivity index (χ0v) is 14.5. The van der Waals surface area contributed by atoms with Crippen LogP contribution in [0.2, 0.25) is 0 Å². The predicted molar refractivity (Wildman–Crippen MR) is 92.4 cm³/mol. The van der Waals surface area contributed by atoms with Crippen LogP contribution in [-0.4, -0.2) is 35.3 Å². The number of aliphatic hydroxyl groups is 1. The fraction of sp³-hybridized carbons (Fsp3) is 0.643. The van der Waals surface area contributed by atoms with Gasteiger partial charge >= 0.3 is 0 Å². The highest BCUT2D eigenvalue weighted by Gasteiger charge is 2.24. The van der Waals surface area contributed by atoms with E-state index < -0.39 is 0 Å². The summed E-state index contributed by atoms with van der Waals surface area (Å²) >= 11 is 0. The molecule has 2 atom stereocenters. The molecule has 2 rings (SSSR count). The van der Waals surface area contributed by atoms with E-state index in [2.05, 4.69) is 27.9 Å². The number of hydrogen-bond acceptors (Lipinski definition) is 2. The molecule has 1 aromatic rings. The number of aliphatic hydroxyl groups excluding tert-OH is 1. The van der Waals surface area contributed by atoms with Gasteiger partial charge in [-0.15, -0.1) is 24.0 Å². The molecule has 0 amide bonds. The molecule has 114 valence electrons. The molecular formula is C14H25IN4O. The molecule has 3 N–H and O–H groups in total. The Morgan fingerprint density at radius 1 is 1.45 bits per heavy atom. The lowest BCUT2D eigenvalue weighted by molar-refractivity contribution is 0.134. The van der Waals surface area contributed by atoms with Crippen LogP contribution in [-0.2, 0) is 13.6 Å². The van der Waals surface area contributed by atoms with Crippen LogP contribution in [0, 0.1) is 5.92 Å². The van der Waals surface area contributed by atoms with E-state index in [9.17, 15) is 5.11 Å². The molecule has 1 aliphatic carbocycles. The maximum Gasteiger partial charge on any atom is 0.191 e. The van der Waals surface area contributed by atoms with Gasteiger partial charge in [0.25, 0.3) is 0 Å². The third-order valence-corrected chi connectivity index (χ3v) is 3.73. The average molecular weight is 392 g/mol. The van der Waals surface area contributed by atoms with Crippen molar-refractivity contribution >= 4 is 29.9 Å². The monoisotopic (exact) mass is 392 g/mol. The van der Waals surface area contributed by atoms with Gasteiger partial charge in [-0.3, -0.25) is 4.99 Å². The van der Waals surface area contributed by atoms with Crippen molar-refractivity contribution < 1.29 is 5.11 Å². The third kappa shape index (κ3) is 4.97. The second-order valence-corrected chi connectivity index (χ2v) is 5.25. The second kappa shape index (κ2) is 8.51. The Labute approximate surface area is 137 Å². The van der Waals surface area contributed by atoms with Gasteiger partial charge < -0.3 is 20.3 Å². The molecular weight excluding hydrogens is 367 g/mol. The molecule has 20 heavy (non-hydrogen) atoms. The molecule has 5 nitrogen and oxygen atoms in total. The Bertz CT molecular complexity index is 433. The zero-order chi connectivity index (χ0) is 13.7. The van der Waals surface area contributed by atoms with Crippen molar-refractivity contribution in [1.82, 2.24) is 15.2 Å². The van der Waals surface area contributed by atoms with Crippen LogP contribution in [0.25, 0.3) is 0 Å². The number of aliphatic imine (C=N–C) groups is 1. The molecule has 1 heterocycles. The van der Waals surface area contributed by atoms with E-state index in [4.69, 9.17) is 0 Å². The Hall–Kier alpha value is -0.760. The summed E-state index contributed by atoms with van der Waals surface area (Å²) < 4.78 is 2.03. The predicted octanol–water partition coefficient (Wildman–Crippen LogP) is 1.47. The van der Waals surface area contributed by atoms with E-state index in [-0.39, 0.29) is 30.1 Å². The van der Waals surface area contributed by atoms with Gasteiger partial charge in [-0.25, -0.2) is 0 Å². The molecule has 1 aromatic heterocycles. The lowest BCUT2D eigenvalue weighted by Crippen LogP contribution is -2.40. The van der Waals surface area contributed by atoms with Gasteiger partial charge in [0.1, 0.15) is 0 Å². The van der Waals surface area contributed by atoms with Crippen LogP contribution in [0.15, 0.2) is 23.5 Å². The number of nitrogens with one attached hydrogen (secondary N) is 2. The molecule has 0 saturated heterocycles. The van der Waals surface area contributed by atoms with Crippen molar-refractivity contribution in [2.24, 2.45) is 18.0 Å². The minimum atomic E-state index is -0.153. The van der Waals surface area contributed by atoms with Gasteiger partial charge in [0.05, 0.1) is 6.10 Å². The Kier molecular flexibility index (Phi) is 7.36. The minimum absolute atomic E-state index is 0. The van der Waals surface area contributed by atoms with Crippen LogP contribution < -0.4 is 10.6 Å². The second-order valence-electron chi connectivity index (χ2n) is 5.25. The summed E-state index contributed by atoms with van der Waals surface area (Å²) in [6.45, 7) is 1.55. The van der Waals surface area contributed by atoms with Crippen molar-refractivity contribution in [3.05, 3.63) is 24.0 Å². The van der Waals surface area contributed by atoms with Gasteiger partial charge in [-0.1, -0.05) is 6.42 Å². The number of nitrogens with zero attached hydrogens (tertiary/aromatic N) is 2. The van der Waals surface area contributed by atoms with E-state index in [1.54, 1.807) is 7.05 Å². The minimum Gasteiger partial charge on any atom is -0.393 e. The first kappa shape index (κ1) is 17.3. The number of rotatable bonds is 4. The van der Waals surface area contributed by atoms with Gasteiger partial charge in [0, 0.05) is 45.5 Å². The van der Waals surface area contributed by atoms with Crippen LogP contribution in [0.3, 0.4) is 0 Å². The van der Waals surface area contributed by atoms with Crippen LogP contribution in [0.5, 0.6) is 0 Å². The highest BCUT2D eigenvalue weighted by molar-refractivity contribution is 14.0. The first-order chi connectivity index (χ1) is 9.19. The van der Waals surface area contributed by atoms with Crippen molar-refractivity contribution in [3.8, 4) is 0 Å². The standard InChI is InChI=1S/C14H24N4O.HI/c1-15-14(16-8-11-6-7-18(2)10-11)17-9-12-4-3-5-13(12)19;/h6-7,10,12-13,19H,3-5,8-9H2,1-2H3,(H2,15,16,17);1H. The van der Waals surface area contributed by atoms with Gasteiger partial charge in [0.15, 0.2) is 5.96 Å². The first-order valence-electron chi connectivity index (χ1n) is 6.92. The number of hydrogen-bond donors (Lipinski definition) is 3. The van der Waals surface area contributed by atoms with Crippen LogP contribution in [0.4, 0.5) is 0 Å². The maximum atomic E-state index is 9.78. The summed E-state index contributed by atoms with van der Waals surface area (Å²) in [4.78, 5) is 4.20. The van der Waals surface area contributed by atoms with E-state index in [1.165, 1.54) is 5.56 Å². The van der Waals surface area contributed by atoms with Crippen molar-refractivity contribution in [1.29, 1.82) is 0 Å². The first-order valence-corrected chi connectivity index (χ1v) is 6.92. The highest BCUT2D eigenvalue weighted by Crippen LogP contribution is 2.24. The molecule has 0 bridgehead atoms. The molecule has 1 fully saturated rings. The SMILES string of the molecule is CN=C(NCc1ccn(C)c1)NCC1CCCC1O.I. The summed E-state index contributed by atoms with van der Waals surface area (Å²) in [7, 11) is 3.78. The fourth-order valence-electron chi connectivity index (χ4n) is 2.56. The smallest absolute Gasteiger partial charge is 0.191 e. The Morgan fingerprint density at radius 2 is 2.25 bits per heavy atom. The van der Waals surface area contributed by atoms with Crippen molar-refractivity contribution in [2.45, 2.75) is 31.9 Å². The lowest BCUT2D eigenvalue weighted by Gasteiger charge is -2.17. The van der Waals surface area contributed by atoms with E-state index in [0.29, 0.717) is 5.92 Å². The van der Waals surface area contributed by atoms with E-state index in [1.807, 2.05) is 17.8 Å². The van der Waals surface area contributed by atoms with Gasteiger partial charge in [0.2, 0.25) is 0 Å². The number of aromatic nitrogens is 1. The maximum absolute atomic E-state index is 9.78. The van der Waals surface area contributed by atoms with E-state index >= 15 is 0 Å². The molecule has 0 aliphatic heterocycles. The summed E-state index contributed by atoms with van der Waals surface area (Å²) in [5, 5.41) is 16.4. The molecule has 2 unspecified atom stereocenters. The van der Waals surface area contributed by atoms with Crippen molar-refractivity contribution in [3.63, 3.8) is 0 Å². The fourth-order valence-corrected chi connectivity index (χ4v) is 2.56. The lowest BCUT2D eigenvalue weighted by atomic mass is 10.1. The molecule has 0 aromatic carbocycles. The van der Waals surface area contributed by atoms with Crippen LogP contribution in [0.1, 0.15) is 24.8 Å². The molecule has 0 radical (unpaired) electrons. The third-order valence-electron chi connectivity index (χ3n) is 3.73. The topological polar surface area (TPSA) is 61.6 Å². The molecule has 1 aliphatic rings. The van der Waals surface area contributed by atoms with Gasteiger partial charge in [-0.2, -0.15) is 0 Å². The van der Waals surface area contributed by atoms with Crippen molar-refractivity contribution in [2.75, 3.05) is 13.6 Å². The number of aryl methyl sites for hydroxylation is 1. The van der Waals surface area contributed by atoms with Gasteiger partial charge in [-0.05, 0) is 24.5 Å². The summed E-state index contributed by atoms with van der Waals surface area (Å²) in [6, 6.07) is 2.08. The largest absolute Gasteiger partial charge is 0.393 e. The van der Waals surface area contributed by atoms with E-state index in [0.717, 1.165) is 38.3 Å². The normalized spacial score (nSPS) is 22.4. The van der Waals surface area contributed by atoms with Crippen LogP contribution >= 0.6 is 24.0 Å². The summed E-state index contributed by atoms with van der Waals surface area (Å²) in [5.41, 5.74) is 1.23. The Morgan fingerprint density at radius 3 is 2.80 bits per heavy atom. The summed E-state index contributed by atoms with van der Waals surface area (Å²) in [5.74, 6) is 1.15. The summed E-state index contributed by atoms with van der Waals surface area (Å²) in [6.07, 6.45) is 7.12. The average Bonchev–Trinajstić information content (AvgIpc) is 2.99. The molecule has 6 heteroatoms. The number of guanidine groups is 1. The zero-order valence-electron chi connectivity index (χ0n) is 12.2. The Balaban J connectivity index is 0.00000200. The number of halogens is 1. The molecule has 0 spiro atoms. The molecule has 1 saturated carbocycles.